The van der Waals surface area contributed by atoms with Gasteiger partial charge in [-0.15, -0.1) is 0 Å². The average molecular weight is 632 g/mol. The Morgan fingerprint density at radius 1 is 0.761 bits per heavy atom. The summed E-state index contributed by atoms with van der Waals surface area (Å²) >= 11 is 0. The van der Waals surface area contributed by atoms with Gasteiger partial charge in [-0.3, -0.25) is 24.6 Å². The Hall–Kier alpha value is -4.74. The molecule has 3 aromatic carbocycles. The van der Waals surface area contributed by atoms with E-state index in [2.05, 4.69) is 10.7 Å². The summed E-state index contributed by atoms with van der Waals surface area (Å²) in [5.74, 6) is -1.98. The van der Waals surface area contributed by atoms with Gasteiger partial charge >= 0.3 is 0 Å². The Morgan fingerprint density at radius 2 is 1.35 bits per heavy atom. The van der Waals surface area contributed by atoms with Crippen molar-refractivity contribution in [3.8, 4) is 5.75 Å². The molecule has 2 unspecified atom stereocenters. The maximum atomic E-state index is 13.7. The van der Waals surface area contributed by atoms with E-state index in [9.17, 15) is 29.4 Å². The van der Waals surface area contributed by atoms with Crippen LogP contribution in [0, 0.1) is 0 Å². The van der Waals surface area contributed by atoms with E-state index in [0.717, 1.165) is 18.4 Å². The molecule has 0 heterocycles. The summed E-state index contributed by atoms with van der Waals surface area (Å²) < 4.78 is 0. The lowest BCUT2D eigenvalue weighted by atomic mass is 9.99. The number of hydrogen-bond acceptors (Lipinski definition) is 7. The zero-order valence-corrected chi connectivity index (χ0v) is 26.7. The highest BCUT2D eigenvalue weighted by Gasteiger charge is 2.27. The summed E-state index contributed by atoms with van der Waals surface area (Å²) in [6.45, 7) is 7.33. The van der Waals surface area contributed by atoms with E-state index in [-0.39, 0.29) is 47.2 Å². The van der Waals surface area contributed by atoms with Crippen LogP contribution in [0.4, 0.5) is 0 Å². The van der Waals surface area contributed by atoms with Crippen molar-refractivity contribution in [2.45, 2.75) is 58.6 Å². The predicted octanol–water partition coefficient (Wildman–Crippen LogP) is 3.51. The van der Waals surface area contributed by atoms with E-state index in [0.29, 0.717) is 31.6 Å². The molecule has 3 rings (SSSR count). The molecule has 11 heteroatoms. The van der Waals surface area contributed by atoms with Crippen LogP contribution in [0.2, 0.25) is 0 Å². The second kappa shape index (κ2) is 17.7. The number of hydrogen-bond donors (Lipinski definition) is 5. The number of amides is 4. The SMILES string of the molecule is CCCN(CC(O)C(Cc1ccc(O)cc1)NC(=O)c1cc(C(N)=O)cc(C(=O)N(CCC)CCC)c1)NC(=O)c1ccccc1. The smallest absolute Gasteiger partial charge is 0.265 e. The number of nitrogens with two attached hydrogens (primary N) is 1. The van der Waals surface area contributed by atoms with Crippen LogP contribution in [-0.2, 0) is 6.42 Å². The molecule has 0 fully saturated rings. The number of rotatable bonds is 17. The van der Waals surface area contributed by atoms with E-state index in [1.165, 1.54) is 30.3 Å². The van der Waals surface area contributed by atoms with Crippen LogP contribution in [0.1, 0.15) is 87.0 Å². The fraction of sp³-hybridized carbons (Fsp3) is 0.371. The van der Waals surface area contributed by atoms with E-state index in [1.54, 1.807) is 46.3 Å². The molecule has 0 aliphatic carbocycles. The van der Waals surface area contributed by atoms with Gasteiger partial charge in [-0.25, -0.2) is 5.01 Å². The summed E-state index contributed by atoms with van der Waals surface area (Å²) in [7, 11) is 0. The van der Waals surface area contributed by atoms with Gasteiger partial charge in [0.1, 0.15) is 5.75 Å². The molecule has 4 amide bonds. The van der Waals surface area contributed by atoms with Gasteiger partial charge in [-0.05, 0) is 73.7 Å². The van der Waals surface area contributed by atoms with Crippen LogP contribution in [0.15, 0.2) is 72.8 Å². The molecule has 0 saturated heterocycles. The minimum Gasteiger partial charge on any atom is -0.508 e. The van der Waals surface area contributed by atoms with Gasteiger partial charge in [0, 0.05) is 48.4 Å². The Kier molecular flexibility index (Phi) is 13.7. The molecule has 0 saturated carbocycles. The number of aliphatic hydroxyl groups excluding tert-OH is 1. The zero-order chi connectivity index (χ0) is 33.6. The fourth-order valence-electron chi connectivity index (χ4n) is 5.10. The molecule has 3 aromatic rings. The molecule has 0 radical (unpaired) electrons. The number of phenols is 1. The van der Waals surface area contributed by atoms with Crippen LogP contribution >= 0.6 is 0 Å². The van der Waals surface area contributed by atoms with Crippen LogP contribution in [0.5, 0.6) is 5.75 Å². The third-order valence-electron chi connectivity index (χ3n) is 7.37. The number of aromatic hydroxyl groups is 1. The molecule has 0 aliphatic rings. The topological polar surface area (TPSA) is 165 Å². The third kappa shape index (κ3) is 10.4. The molecule has 0 aromatic heterocycles. The number of carbonyl (C=O) groups excluding carboxylic acids is 4. The Bertz CT molecular complexity index is 1460. The molecule has 11 nitrogen and oxygen atoms in total. The first-order valence-corrected chi connectivity index (χ1v) is 15.7. The second-order valence-corrected chi connectivity index (χ2v) is 11.2. The molecule has 0 bridgehead atoms. The van der Waals surface area contributed by atoms with Crippen molar-refractivity contribution in [2.24, 2.45) is 5.73 Å². The predicted molar refractivity (Wildman–Crippen MR) is 176 cm³/mol. The van der Waals surface area contributed by atoms with Crippen LogP contribution in [0.25, 0.3) is 0 Å². The number of aliphatic hydroxyl groups is 1. The van der Waals surface area contributed by atoms with Crippen molar-refractivity contribution in [3.05, 3.63) is 101 Å². The Labute approximate surface area is 270 Å². The Morgan fingerprint density at radius 3 is 1.93 bits per heavy atom. The summed E-state index contributed by atoms with van der Waals surface area (Å²) in [6.07, 6.45) is 1.19. The van der Waals surface area contributed by atoms with Gasteiger partial charge < -0.3 is 26.2 Å². The minimum atomic E-state index is -1.16. The first-order valence-electron chi connectivity index (χ1n) is 15.7. The number of nitrogens with one attached hydrogen (secondary N) is 2. The normalized spacial score (nSPS) is 12.3. The van der Waals surface area contributed by atoms with Crippen molar-refractivity contribution in [1.82, 2.24) is 20.7 Å². The number of benzene rings is 3. The standard InChI is InChI=1S/C35H45N5O6/c1-4-16-39(17-5-2)35(46)28-21-26(32(36)43)20-27(22-28)33(44)37-30(19-24-12-14-29(41)15-13-24)31(42)23-40(18-6-3)38-34(45)25-10-8-7-9-11-25/h7-15,20-22,30-31,41-42H,4-6,16-19,23H2,1-3H3,(H2,36,43)(H,37,44)(H,38,45). The monoisotopic (exact) mass is 631 g/mol. The zero-order valence-electron chi connectivity index (χ0n) is 26.7. The summed E-state index contributed by atoms with van der Waals surface area (Å²) in [5, 5.41) is 25.7. The van der Waals surface area contributed by atoms with Gasteiger partial charge in [0.15, 0.2) is 0 Å². The molecular formula is C35H45N5O6. The van der Waals surface area contributed by atoms with Crippen molar-refractivity contribution in [2.75, 3.05) is 26.2 Å². The van der Waals surface area contributed by atoms with Crippen molar-refractivity contribution < 1.29 is 29.4 Å². The molecule has 0 aliphatic heterocycles. The minimum absolute atomic E-state index is 0.0104. The lowest BCUT2D eigenvalue weighted by Crippen LogP contribution is -2.53. The molecule has 2 atom stereocenters. The molecule has 0 spiro atoms. The van der Waals surface area contributed by atoms with Gasteiger partial charge in [0.25, 0.3) is 17.7 Å². The molecule has 6 N–H and O–H groups in total. The second-order valence-electron chi connectivity index (χ2n) is 11.2. The number of primary amides is 1. The highest BCUT2D eigenvalue weighted by atomic mass is 16.3. The van der Waals surface area contributed by atoms with E-state index < -0.39 is 24.0 Å². The van der Waals surface area contributed by atoms with E-state index >= 15 is 0 Å². The quantitative estimate of drug-likeness (QED) is 0.142. The highest BCUT2D eigenvalue weighted by molar-refractivity contribution is 6.04. The molecule has 46 heavy (non-hydrogen) atoms. The molecule has 246 valence electrons. The largest absolute Gasteiger partial charge is 0.508 e. The lowest BCUT2D eigenvalue weighted by Gasteiger charge is -2.30. The summed E-state index contributed by atoms with van der Waals surface area (Å²) in [4.78, 5) is 53.9. The van der Waals surface area contributed by atoms with Crippen LogP contribution < -0.4 is 16.5 Å². The van der Waals surface area contributed by atoms with Crippen LogP contribution in [-0.4, -0.2) is 82.1 Å². The average Bonchev–Trinajstić information content (AvgIpc) is 3.05. The van der Waals surface area contributed by atoms with Crippen LogP contribution in [0.3, 0.4) is 0 Å². The van der Waals surface area contributed by atoms with Gasteiger partial charge in [-0.1, -0.05) is 51.1 Å². The maximum Gasteiger partial charge on any atom is 0.265 e. The number of hydrazine groups is 1. The van der Waals surface area contributed by atoms with E-state index in [4.69, 9.17) is 5.73 Å². The van der Waals surface area contributed by atoms with E-state index in [1.807, 2.05) is 26.8 Å². The number of carbonyl (C=O) groups is 4. The van der Waals surface area contributed by atoms with Gasteiger partial charge in [0.05, 0.1) is 12.1 Å². The lowest BCUT2D eigenvalue weighted by molar-refractivity contribution is 0.0451. The summed E-state index contributed by atoms with van der Waals surface area (Å²) in [6, 6.07) is 18.4. The number of nitrogens with zero attached hydrogens (tertiary/aromatic N) is 2. The number of phenolic OH excluding ortho intramolecular Hbond substituents is 1. The highest BCUT2D eigenvalue weighted by Crippen LogP contribution is 2.17. The maximum absolute atomic E-state index is 13.7. The first-order chi connectivity index (χ1) is 22.1. The first kappa shape index (κ1) is 35.7. The van der Waals surface area contributed by atoms with Crippen molar-refractivity contribution >= 4 is 23.6 Å². The fourth-order valence-corrected chi connectivity index (χ4v) is 5.10. The third-order valence-corrected chi connectivity index (χ3v) is 7.37. The molecular weight excluding hydrogens is 586 g/mol. The van der Waals surface area contributed by atoms with Gasteiger partial charge in [0.2, 0.25) is 5.91 Å². The van der Waals surface area contributed by atoms with Gasteiger partial charge in [-0.2, -0.15) is 0 Å². The summed E-state index contributed by atoms with van der Waals surface area (Å²) in [5.41, 5.74) is 9.83. The van der Waals surface area contributed by atoms with Crippen molar-refractivity contribution in [1.29, 1.82) is 0 Å². The Balaban J connectivity index is 1.90. The van der Waals surface area contributed by atoms with Crippen molar-refractivity contribution in [3.63, 3.8) is 0 Å².